The Kier molecular flexibility index (Phi) is 3.78. The first-order chi connectivity index (χ1) is 8.90. The van der Waals surface area contributed by atoms with E-state index in [9.17, 15) is 14.3 Å². The van der Waals surface area contributed by atoms with Crippen LogP contribution in [-0.2, 0) is 0 Å². The van der Waals surface area contributed by atoms with Crippen molar-refractivity contribution >= 4 is 5.91 Å². The van der Waals surface area contributed by atoms with Crippen molar-refractivity contribution in [1.82, 2.24) is 5.32 Å². The summed E-state index contributed by atoms with van der Waals surface area (Å²) in [5.74, 6) is -1.12. The fourth-order valence-corrected chi connectivity index (χ4v) is 2.69. The van der Waals surface area contributed by atoms with E-state index in [4.69, 9.17) is 0 Å². The minimum Gasteiger partial charge on any atom is -0.507 e. The summed E-state index contributed by atoms with van der Waals surface area (Å²) in [5.41, 5.74) is 0.0398. The minimum atomic E-state index is -0.522. The Morgan fingerprint density at radius 3 is 2.84 bits per heavy atom. The lowest BCUT2D eigenvalue weighted by Crippen LogP contribution is -2.46. The van der Waals surface area contributed by atoms with E-state index in [1.807, 2.05) is 0 Å². The van der Waals surface area contributed by atoms with Crippen LogP contribution in [0.3, 0.4) is 0 Å². The Labute approximate surface area is 112 Å². The third-order valence-electron chi connectivity index (χ3n) is 4.02. The maximum Gasteiger partial charge on any atom is 0.255 e. The Hall–Kier alpha value is -1.58. The molecule has 1 unspecified atom stereocenters. The first kappa shape index (κ1) is 13.8. The van der Waals surface area contributed by atoms with Crippen molar-refractivity contribution in [1.29, 1.82) is 0 Å². The molecule has 4 heteroatoms. The highest BCUT2D eigenvalue weighted by Crippen LogP contribution is 2.35. The summed E-state index contributed by atoms with van der Waals surface area (Å²) < 4.78 is 13.1. The van der Waals surface area contributed by atoms with Gasteiger partial charge >= 0.3 is 0 Å². The van der Waals surface area contributed by atoms with Crippen LogP contribution in [-0.4, -0.2) is 17.1 Å². The maximum atomic E-state index is 13.1. The summed E-state index contributed by atoms with van der Waals surface area (Å²) in [6.45, 7) is 4.26. The van der Waals surface area contributed by atoms with Gasteiger partial charge in [-0.25, -0.2) is 4.39 Å². The van der Waals surface area contributed by atoms with E-state index < -0.39 is 11.7 Å². The van der Waals surface area contributed by atoms with Gasteiger partial charge in [-0.15, -0.1) is 0 Å². The van der Waals surface area contributed by atoms with Crippen molar-refractivity contribution in [2.75, 3.05) is 0 Å². The summed E-state index contributed by atoms with van der Waals surface area (Å²) in [4.78, 5) is 12.1. The van der Waals surface area contributed by atoms with E-state index in [1.54, 1.807) is 0 Å². The van der Waals surface area contributed by atoms with Gasteiger partial charge in [0.25, 0.3) is 5.91 Å². The summed E-state index contributed by atoms with van der Waals surface area (Å²) in [7, 11) is 0. The Bertz CT molecular complexity index is 485. The molecule has 2 rings (SSSR count). The fourth-order valence-electron chi connectivity index (χ4n) is 2.69. The molecule has 1 aliphatic rings. The lowest BCUT2D eigenvalue weighted by atomic mass is 9.73. The van der Waals surface area contributed by atoms with Crippen LogP contribution in [0.15, 0.2) is 18.2 Å². The van der Waals surface area contributed by atoms with Gasteiger partial charge < -0.3 is 10.4 Å². The molecule has 0 aliphatic heterocycles. The van der Waals surface area contributed by atoms with Crippen molar-refractivity contribution < 1.29 is 14.3 Å². The highest BCUT2D eigenvalue weighted by molar-refractivity contribution is 5.97. The molecular formula is C15H20FNO2. The number of phenolic OH excluding ortho intramolecular Hbond substituents is 1. The van der Waals surface area contributed by atoms with Crippen LogP contribution in [0, 0.1) is 11.2 Å². The van der Waals surface area contributed by atoms with Crippen LogP contribution < -0.4 is 5.32 Å². The van der Waals surface area contributed by atoms with Gasteiger partial charge in [-0.3, -0.25) is 4.79 Å². The van der Waals surface area contributed by atoms with Crippen LogP contribution in [0.4, 0.5) is 4.39 Å². The molecule has 1 aromatic rings. The first-order valence-electron chi connectivity index (χ1n) is 6.69. The lowest BCUT2D eigenvalue weighted by molar-refractivity contribution is 0.0850. The zero-order valence-corrected chi connectivity index (χ0v) is 11.4. The summed E-state index contributed by atoms with van der Waals surface area (Å²) in [6.07, 6.45) is 4.25. The SMILES string of the molecule is CC1(C)CCCCC1NC(=O)c1cc(F)ccc1O. The zero-order chi connectivity index (χ0) is 14.0. The number of rotatable bonds is 2. The smallest absolute Gasteiger partial charge is 0.255 e. The summed E-state index contributed by atoms with van der Waals surface area (Å²) in [6, 6.07) is 3.48. The molecule has 1 saturated carbocycles. The molecule has 1 aromatic carbocycles. The lowest BCUT2D eigenvalue weighted by Gasteiger charge is -2.39. The van der Waals surface area contributed by atoms with E-state index in [0.29, 0.717) is 0 Å². The molecule has 1 aliphatic carbocycles. The Balaban J connectivity index is 2.14. The van der Waals surface area contributed by atoms with Crippen LogP contribution in [0.2, 0.25) is 0 Å². The van der Waals surface area contributed by atoms with Gasteiger partial charge in [-0.2, -0.15) is 0 Å². The molecule has 1 amide bonds. The zero-order valence-electron chi connectivity index (χ0n) is 11.4. The number of hydrogen-bond donors (Lipinski definition) is 2. The number of nitrogens with one attached hydrogen (secondary N) is 1. The second-order valence-corrected chi connectivity index (χ2v) is 5.92. The van der Waals surface area contributed by atoms with Gasteiger partial charge in [-0.05, 0) is 36.5 Å². The third-order valence-corrected chi connectivity index (χ3v) is 4.02. The van der Waals surface area contributed by atoms with Crippen molar-refractivity contribution in [2.24, 2.45) is 5.41 Å². The van der Waals surface area contributed by atoms with Crippen molar-refractivity contribution in [2.45, 2.75) is 45.6 Å². The molecule has 0 heterocycles. The van der Waals surface area contributed by atoms with Gasteiger partial charge in [0.15, 0.2) is 0 Å². The van der Waals surface area contributed by atoms with Crippen LogP contribution >= 0.6 is 0 Å². The van der Waals surface area contributed by atoms with E-state index >= 15 is 0 Å². The highest BCUT2D eigenvalue weighted by atomic mass is 19.1. The van der Waals surface area contributed by atoms with Crippen molar-refractivity contribution in [3.63, 3.8) is 0 Å². The molecule has 0 radical (unpaired) electrons. The molecule has 0 bridgehead atoms. The van der Waals surface area contributed by atoms with E-state index in [-0.39, 0.29) is 22.8 Å². The summed E-state index contributed by atoms with van der Waals surface area (Å²) in [5, 5.41) is 12.6. The highest BCUT2D eigenvalue weighted by Gasteiger charge is 2.33. The van der Waals surface area contributed by atoms with E-state index in [0.717, 1.165) is 31.4 Å². The molecule has 3 nitrogen and oxygen atoms in total. The van der Waals surface area contributed by atoms with Crippen LogP contribution in [0.1, 0.15) is 49.9 Å². The van der Waals surface area contributed by atoms with Gasteiger partial charge in [-0.1, -0.05) is 26.7 Å². The van der Waals surface area contributed by atoms with Crippen LogP contribution in [0.5, 0.6) is 5.75 Å². The van der Waals surface area contributed by atoms with Gasteiger partial charge in [0.1, 0.15) is 11.6 Å². The molecule has 19 heavy (non-hydrogen) atoms. The second kappa shape index (κ2) is 5.19. The Morgan fingerprint density at radius 1 is 1.42 bits per heavy atom. The number of carbonyl (C=O) groups excluding carboxylic acids is 1. The van der Waals surface area contributed by atoms with Crippen molar-refractivity contribution in [3.8, 4) is 5.75 Å². The van der Waals surface area contributed by atoms with E-state index in [1.165, 1.54) is 12.5 Å². The topological polar surface area (TPSA) is 49.3 Å². The quantitative estimate of drug-likeness (QED) is 0.862. The van der Waals surface area contributed by atoms with Gasteiger partial charge in [0, 0.05) is 6.04 Å². The number of carbonyl (C=O) groups is 1. The van der Waals surface area contributed by atoms with Gasteiger partial charge in [0.05, 0.1) is 5.56 Å². The van der Waals surface area contributed by atoms with Crippen molar-refractivity contribution in [3.05, 3.63) is 29.6 Å². The largest absolute Gasteiger partial charge is 0.507 e. The van der Waals surface area contributed by atoms with Crippen LogP contribution in [0.25, 0.3) is 0 Å². The first-order valence-corrected chi connectivity index (χ1v) is 6.69. The monoisotopic (exact) mass is 265 g/mol. The number of benzene rings is 1. The fraction of sp³-hybridized carbons (Fsp3) is 0.533. The molecule has 2 N–H and O–H groups in total. The normalized spacial score (nSPS) is 21.9. The number of phenols is 1. The third kappa shape index (κ3) is 3.06. The maximum absolute atomic E-state index is 13.1. The molecule has 1 fully saturated rings. The second-order valence-electron chi connectivity index (χ2n) is 5.92. The molecule has 0 spiro atoms. The predicted molar refractivity (Wildman–Crippen MR) is 71.6 cm³/mol. The number of amides is 1. The Morgan fingerprint density at radius 2 is 2.16 bits per heavy atom. The molecule has 104 valence electrons. The standard InChI is InChI=1S/C15H20FNO2/c1-15(2)8-4-3-5-13(15)17-14(19)11-9-10(16)6-7-12(11)18/h6-7,9,13,18H,3-5,8H2,1-2H3,(H,17,19). The average molecular weight is 265 g/mol. The molecular weight excluding hydrogens is 245 g/mol. The molecule has 1 atom stereocenters. The number of halogens is 1. The average Bonchev–Trinajstić information content (AvgIpc) is 2.34. The minimum absolute atomic E-state index is 0.00127. The molecule has 0 aromatic heterocycles. The molecule has 0 saturated heterocycles. The summed E-state index contributed by atoms with van der Waals surface area (Å²) >= 11 is 0. The number of aromatic hydroxyl groups is 1. The van der Waals surface area contributed by atoms with E-state index in [2.05, 4.69) is 19.2 Å². The predicted octanol–water partition coefficient (Wildman–Crippen LogP) is 3.23. The van der Waals surface area contributed by atoms with Gasteiger partial charge in [0.2, 0.25) is 0 Å². The number of hydrogen-bond acceptors (Lipinski definition) is 2.